The van der Waals surface area contributed by atoms with Crippen molar-refractivity contribution in [1.82, 2.24) is 0 Å². The van der Waals surface area contributed by atoms with Crippen LogP contribution in [0.2, 0.25) is 0 Å². The third-order valence-corrected chi connectivity index (χ3v) is 5.18. The van der Waals surface area contributed by atoms with E-state index in [1.807, 2.05) is 54.6 Å². The molecule has 4 rings (SSSR count). The molecule has 118 valence electrons. The summed E-state index contributed by atoms with van der Waals surface area (Å²) >= 11 is 0. The number of para-hydroxylation sites is 1. The second-order valence-electron chi connectivity index (χ2n) is 6.71. The molecule has 2 aliphatic rings. The molecule has 3 nitrogen and oxygen atoms in total. The van der Waals surface area contributed by atoms with Gasteiger partial charge in [-0.15, -0.1) is 0 Å². The second kappa shape index (κ2) is 6.07. The molecular weight excluding hydrogens is 286 g/mol. The number of carbonyl (C=O) groups excluding carboxylic acids is 1. The first-order chi connectivity index (χ1) is 11.3. The van der Waals surface area contributed by atoms with Crippen LogP contribution in [-0.2, 0) is 4.79 Å². The molecular formula is C20H21NO2. The largest absolute Gasteiger partial charge is 0.457 e. The zero-order valence-electron chi connectivity index (χ0n) is 13.1. The van der Waals surface area contributed by atoms with Crippen LogP contribution in [0.15, 0.2) is 54.6 Å². The number of rotatable bonds is 4. The maximum atomic E-state index is 12.4. The van der Waals surface area contributed by atoms with E-state index in [1.54, 1.807) is 0 Å². The van der Waals surface area contributed by atoms with Gasteiger partial charge in [0.05, 0.1) is 0 Å². The molecule has 2 saturated carbocycles. The van der Waals surface area contributed by atoms with E-state index in [1.165, 1.54) is 19.3 Å². The standard InChI is InChI=1S/C20H21NO2/c22-20(19-13-14-6-7-15(19)12-14)21-16-8-10-18(11-9-16)23-17-4-2-1-3-5-17/h1-5,8-11,14-15,19H,6-7,12-13H2,(H,21,22). The lowest BCUT2D eigenvalue weighted by Gasteiger charge is -2.20. The van der Waals surface area contributed by atoms with Gasteiger partial charge in [-0.25, -0.2) is 0 Å². The van der Waals surface area contributed by atoms with Gasteiger partial charge in [-0.1, -0.05) is 24.6 Å². The first kappa shape index (κ1) is 14.3. The number of hydrogen-bond donors (Lipinski definition) is 1. The van der Waals surface area contributed by atoms with Gasteiger partial charge in [0.2, 0.25) is 5.91 Å². The Balaban J connectivity index is 1.37. The summed E-state index contributed by atoms with van der Waals surface area (Å²) in [5.41, 5.74) is 0.846. The summed E-state index contributed by atoms with van der Waals surface area (Å²) in [5, 5.41) is 3.07. The van der Waals surface area contributed by atoms with Crippen LogP contribution in [0.3, 0.4) is 0 Å². The summed E-state index contributed by atoms with van der Waals surface area (Å²) in [6.07, 6.45) is 4.88. The lowest BCUT2D eigenvalue weighted by atomic mass is 9.88. The molecule has 0 radical (unpaired) electrons. The van der Waals surface area contributed by atoms with Gasteiger partial charge in [-0.2, -0.15) is 0 Å². The molecule has 0 spiro atoms. The Morgan fingerprint density at radius 3 is 2.30 bits per heavy atom. The molecule has 2 bridgehead atoms. The van der Waals surface area contributed by atoms with Crippen LogP contribution in [0.1, 0.15) is 25.7 Å². The van der Waals surface area contributed by atoms with Crippen molar-refractivity contribution in [2.45, 2.75) is 25.7 Å². The molecule has 0 aliphatic heterocycles. The molecule has 3 atom stereocenters. The fourth-order valence-electron chi connectivity index (χ4n) is 4.03. The lowest BCUT2D eigenvalue weighted by Crippen LogP contribution is -2.27. The minimum absolute atomic E-state index is 0.189. The number of anilines is 1. The SMILES string of the molecule is O=C(Nc1ccc(Oc2ccccc2)cc1)C1CC2CCC1C2. The molecule has 23 heavy (non-hydrogen) atoms. The third kappa shape index (κ3) is 3.09. The molecule has 2 aromatic carbocycles. The highest BCUT2D eigenvalue weighted by atomic mass is 16.5. The first-order valence-corrected chi connectivity index (χ1v) is 8.42. The Hall–Kier alpha value is -2.29. The van der Waals surface area contributed by atoms with E-state index >= 15 is 0 Å². The zero-order chi connectivity index (χ0) is 15.6. The second-order valence-corrected chi connectivity index (χ2v) is 6.71. The van der Waals surface area contributed by atoms with Crippen LogP contribution in [0.25, 0.3) is 0 Å². The first-order valence-electron chi connectivity index (χ1n) is 8.42. The molecule has 0 heterocycles. The summed E-state index contributed by atoms with van der Waals surface area (Å²) in [5.74, 6) is 3.39. The average molecular weight is 307 g/mol. The smallest absolute Gasteiger partial charge is 0.227 e. The van der Waals surface area contributed by atoms with Crippen LogP contribution >= 0.6 is 0 Å². The quantitative estimate of drug-likeness (QED) is 0.876. The summed E-state index contributed by atoms with van der Waals surface area (Å²) in [6, 6.07) is 17.3. The number of fused-ring (bicyclic) bond motifs is 2. The molecule has 0 saturated heterocycles. The maximum Gasteiger partial charge on any atom is 0.227 e. The Kier molecular flexibility index (Phi) is 3.78. The predicted molar refractivity (Wildman–Crippen MR) is 90.5 cm³/mol. The Morgan fingerprint density at radius 1 is 0.913 bits per heavy atom. The number of hydrogen-bond acceptors (Lipinski definition) is 2. The van der Waals surface area contributed by atoms with Gasteiger partial charge in [0, 0.05) is 11.6 Å². The van der Waals surface area contributed by atoms with Gasteiger partial charge in [0.25, 0.3) is 0 Å². The van der Waals surface area contributed by atoms with E-state index in [-0.39, 0.29) is 11.8 Å². The van der Waals surface area contributed by atoms with E-state index in [9.17, 15) is 4.79 Å². The maximum absolute atomic E-state index is 12.4. The van der Waals surface area contributed by atoms with Crippen molar-refractivity contribution in [3.8, 4) is 11.5 Å². The van der Waals surface area contributed by atoms with Gasteiger partial charge in [0.1, 0.15) is 11.5 Å². The number of carbonyl (C=O) groups is 1. The highest BCUT2D eigenvalue weighted by Gasteiger charge is 2.42. The lowest BCUT2D eigenvalue weighted by molar-refractivity contribution is -0.121. The molecule has 2 fully saturated rings. The van der Waals surface area contributed by atoms with E-state index < -0.39 is 0 Å². The average Bonchev–Trinajstić information content (AvgIpc) is 3.21. The van der Waals surface area contributed by atoms with Gasteiger partial charge < -0.3 is 10.1 Å². The van der Waals surface area contributed by atoms with Crippen LogP contribution in [0.5, 0.6) is 11.5 Å². The third-order valence-electron chi connectivity index (χ3n) is 5.18. The molecule has 2 aliphatic carbocycles. The van der Waals surface area contributed by atoms with E-state index in [2.05, 4.69) is 5.32 Å². The Labute approximate surface area is 136 Å². The number of amides is 1. The van der Waals surface area contributed by atoms with E-state index in [0.717, 1.165) is 29.5 Å². The van der Waals surface area contributed by atoms with Crippen LogP contribution in [-0.4, -0.2) is 5.91 Å². The van der Waals surface area contributed by atoms with Crippen molar-refractivity contribution in [2.75, 3.05) is 5.32 Å². The van der Waals surface area contributed by atoms with Crippen molar-refractivity contribution in [2.24, 2.45) is 17.8 Å². The van der Waals surface area contributed by atoms with Crippen LogP contribution < -0.4 is 10.1 Å². The molecule has 2 aromatic rings. The summed E-state index contributed by atoms with van der Waals surface area (Å²) in [4.78, 5) is 12.4. The van der Waals surface area contributed by atoms with Crippen molar-refractivity contribution in [3.05, 3.63) is 54.6 Å². The Bertz CT molecular complexity index is 681. The number of benzene rings is 2. The minimum Gasteiger partial charge on any atom is -0.457 e. The van der Waals surface area contributed by atoms with Crippen molar-refractivity contribution in [1.29, 1.82) is 0 Å². The molecule has 0 aromatic heterocycles. The summed E-state index contributed by atoms with van der Waals surface area (Å²) in [6.45, 7) is 0. The van der Waals surface area contributed by atoms with Gasteiger partial charge in [-0.05, 0) is 67.5 Å². The summed E-state index contributed by atoms with van der Waals surface area (Å²) < 4.78 is 5.77. The Morgan fingerprint density at radius 2 is 1.65 bits per heavy atom. The normalized spacial score (nSPS) is 25.3. The molecule has 3 heteroatoms. The zero-order valence-corrected chi connectivity index (χ0v) is 13.1. The monoisotopic (exact) mass is 307 g/mol. The van der Waals surface area contributed by atoms with Crippen LogP contribution in [0, 0.1) is 17.8 Å². The van der Waals surface area contributed by atoms with E-state index in [0.29, 0.717) is 5.92 Å². The van der Waals surface area contributed by atoms with Crippen LogP contribution in [0.4, 0.5) is 5.69 Å². The summed E-state index contributed by atoms with van der Waals surface area (Å²) in [7, 11) is 0. The van der Waals surface area contributed by atoms with Gasteiger partial charge in [-0.3, -0.25) is 4.79 Å². The number of ether oxygens (including phenoxy) is 1. The molecule has 1 N–H and O–H groups in total. The molecule has 1 amide bonds. The van der Waals surface area contributed by atoms with E-state index in [4.69, 9.17) is 4.74 Å². The minimum atomic E-state index is 0.189. The van der Waals surface area contributed by atoms with Gasteiger partial charge in [0.15, 0.2) is 0 Å². The topological polar surface area (TPSA) is 38.3 Å². The van der Waals surface area contributed by atoms with Crippen molar-refractivity contribution in [3.63, 3.8) is 0 Å². The molecule has 3 unspecified atom stereocenters. The van der Waals surface area contributed by atoms with Crippen molar-refractivity contribution < 1.29 is 9.53 Å². The fraction of sp³-hybridized carbons (Fsp3) is 0.350. The predicted octanol–water partition coefficient (Wildman–Crippen LogP) is 4.85. The fourth-order valence-corrected chi connectivity index (χ4v) is 4.03. The van der Waals surface area contributed by atoms with Crippen molar-refractivity contribution >= 4 is 11.6 Å². The number of nitrogens with one attached hydrogen (secondary N) is 1. The highest BCUT2D eigenvalue weighted by Crippen LogP contribution is 2.48. The highest BCUT2D eigenvalue weighted by molar-refractivity contribution is 5.93. The van der Waals surface area contributed by atoms with Gasteiger partial charge >= 0.3 is 0 Å².